The van der Waals surface area contributed by atoms with E-state index < -0.39 is 6.09 Å². The van der Waals surface area contributed by atoms with E-state index in [-0.39, 0.29) is 5.88 Å². The Kier molecular flexibility index (Phi) is 3.58. The Balaban J connectivity index is 1.86. The van der Waals surface area contributed by atoms with Crippen molar-refractivity contribution < 1.29 is 15.0 Å². The van der Waals surface area contributed by atoms with E-state index in [4.69, 9.17) is 5.11 Å². The molecule has 1 aromatic heterocycles. The SMILES string of the molecule is O=C(O)n1cc2cc(SCc3ccccc3)ccc2c1O. The number of carboxylic acid groups (broad SMARTS) is 1. The second-order valence-corrected chi connectivity index (χ2v) is 5.68. The molecule has 1 heterocycles. The Labute approximate surface area is 125 Å². The van der Waals surface area contributed by atoms with Crippen LogP contribution in [-0.4, -0.2) is 20.9 Å². The summed E-state index contributed by atoms with van der Waals surface area (Å²) in [4.78, 5) is 12.0. The Morgan fingerprint density at radius 3 is 2.62 bits per heavy atom. The summed E-state index contributed by atoms with van der Waals surface area (Å²) >= 11 is 1.67. The van der Waals surface area contributed by atoms with Crippen molar-refractivity contribution in [2.75, 3.05) is 0 Å². The summed E-state index contributed by atoms with van der Waals surface area (Å²) in [7, 11) is 0. The van der Waals surface area contributed by atoms with Crippen molar-refractivity contribution in [2.24, 2.45) is 0 Å². The van der Waals surface area contributed by atoms with E-state index in [1.165, 1.54) is 11.8 Å². The van der Waals surface area contributed by atoms with Gasteiger partial charge >= 0.3 is 6.09 Å². The van der Waals surface area contributed by atoms with Gasteiger partial charge in [-0.25, -0.2) is 9.36 Å². The van der Waals surface area contributed by atoms with Crippen LogP contribution in [0.2, 0.25) is 0 Å². The van der Waals surface area contributed by atoms with Gasteiger partial charge in [0, 0.05) is 27.6 Å². The summed E-state index contributed by atoms with van der Waals surface area (Å²) in [5.41, 5.74) is 1.23. The zero-order valence-corrected chi connectivity index (χ0v) is 11.9. The third-order valence-corrected chi connectivity index (χ3v) is 4.28. The van der Waals surface area contributed by atoms with Crippen LogP contribution in [0.15, 0.2) is 59.6 Å². The first-order chi connectivity index (χ1) is 10.1. The molecule has 0 aliphatic heterocycles. The maximum absolute atomic E-state index is 11.0. The Hall–Kier alpha value is -2.40. The van der Waals surface area contributed by atoms with Gasteiger partial charge in [0.15, 0.2) is 0 Å². The van der Waals surface area contributed by atoms with Gasteiger partial charge in [0.1, 0.15) is 0 Å². The molecule has 0 spiro atoms. The third-order valence-electron chi connectivity index (χ3n) is 3.21. The fraction of sp³-hybridized carbons (Fsp3) is 0.0625. The summed E-state index contributed by atoms with van der Waals surface area (Å²) in [6.07, 6.45) is 0.238. The number of hydrogen-bond donors (Lipinski definition) is 2. The molecule has 4 nitrogen and oxygen atoms in total. The highest BCUT2D eigenvalue weighted by atomic mass is 32.2. The monoisotopic (exact) mass is 299 g/mol. The molecule has 106 valence electrons. The fourth-order valence-corrected chi connectivity index (χ4v) is 3.06. The Morgan fingerprint density at radius 2 is 1.90 bits per heavy atom. The first-order valence-electron chi connectivity index (χ1n) is 6.39. The van der Waals surface area contributed by atoms with E-state index >= 15 is 0 Å². The molecule has 0 saturated carbocycles. The number of aromatic hydroxyl groups is 1. The van der Waals surface area contributed by atoms with Crippen molar-refractivity contribution in [3.8, 4) is 5.88 Å². The highest BCUT2D eigenvalue weighted by molar-refractivity contribution is 7.98. The lowest BCUT2D eigenvalue weighted by atomic mass is 10.2. The molecule has 5 heteroatoms. The van der Waals surface area contributed by atoms with E-state index in [2.05, 4.69) is 12.1 Å². The Morgan fingerprint density at radius 1 is 1.14 bits per heavy atom. The molecule has 0 aliphatic carbocycles. The third kappa shape index (κ3) is 2.73. The van der Waals surface area contributed by atoms with Gasteiger partial charge in [-0.05, 0) is 23.8 Å². The molecule has 0 amide bonds. The summed E-state index contributed by atoms with van der Waals surface area (Å²) < 4.78 is 0.830. The maximum Gasteiger partial charge on any atom is 0.418 e. The first-order valence-corrected chi connectivity index (χ1v) is 7.38. The van der Waals surface area contributed by atoms with Crippen molar-refractivity contribution in [1.82, 2.24) is 4.57 Å². The van der Waals surface area contributed by atoms with Crippen molar-refractivity contribution in [3.63, 3.8) is 0 Å². The van der Waals surface area contributed by atoms with Crippen LogP contribution in [0.1, 0.15) is 5.56 Å². The number of hydrogen-bond acceptors (Lipinski definition) is 3. The molecule has 3 rings (SSSR count). The van der Waals surface area contributed by atoms with E-state index in [9.17, 15) is 9.90 Å². The topological polar surface area (TPSA) is 62.5 Å². The minimum absolute atomic E-state index is 0.239. The number of fused-ring (bicyclic) bond motifs is 1. The fourth-order valence-electron chi connectivity index (χ4n) is 2.16. The summed E-state index contributed by atoms with van der Waals surface area (Å²) in [5, 5.41) is 20.1. The average molecular weight is 299 g/mol. The molecule has 3 aromatic rings. The smallest absolute Gasteiger partial charge is 0.418 e. The summed E-state index contributed by atoms with van der Waals surface area (Å²) in [5.74, 6) is 0.606. The van der Waals surface area contributed by atoms with Crippen LogP contribution < -0.4 is 0 Å². The zero-order valence-electron chi connectivity index (χ0n) is 11.1. The maximum atomic E-state index is 11.0. The second kappa shape index (κ2) is 5.54. The minimum Gasteiger partial charge on any atom is -0.494 e. The van der Waals surface area contributed by atoms with Crippen LogP contribution in [0.25, 0.3) is 10.8 Å². The van der Waals surface area contributed by atoms with E-state index in [0.717, 1.165) is 15.2 Å². The van der Waals surface area contributed by atoms with Gasteiger partial charge in [0.05, 0.1) is 0 Å². The minimum atomic E-state index is -1.19. The van der Waals surface area contributed by atoms with Crippen LogP contribution in [0.4, 0.5) is 4.79 Å². The predicted octanol–water partition coefficient (Wildman–Crippen LogP) is 4.17. The van der Waals surface area contributed by atoms with Crippen molar-refractivity contribution in [2.45, 2.75) is 10.6 Å². The molecule has 0 saturated heterocycles. The van der Waals surface area contributed by atoms with Gasteiger partial charge in [-0.15, -0.1) is 11.8 Å². The highest BCUT2D eigenvalue weighted by Gasteiger charge is 2.13. The first kappa shape index (κ1) is 13.6. The highest BCUT2D eigenvalue weighted by Crippen LogP contribution is 2.31. The number of benzene rings is 2. The van der Waals surface area contributed by atoms with Crippen molar-refractivity contribution >= 4 is 28.6 Å². The molecule has 0 atom stereocenters. The lowest BCUT2D eigenvalue weighted by Crippen LogP contribution is -2.04. The van der Waals surface area contributed by atoms with Gasteiger partial charge in [-0.2, -0.15) is 0 Å². The molecule has 21 heavy (non-hydrogen) atoms. The lowest BCUT2D eigenvalue weighted by Gasteiger charge is -2.02. The number of thioether (sulfide) groups is 1. The molecule has 2 N–H and O–H groups in total. The van der Waals surface area contributed by atoms with Crippen molar-refractivity contribution in [3.05, 3.63) is 60.3 Å². The van der Waals surface area contributed by atoms with Gasteiger partial charge < -0.3 is 10.2 Å². The van der Waals surface area contributed by atoms with E-state index in [1.54, 1.807) is 17.8 Å². The predicted molar refractivity (Wildman–Crippen MR) is 83.0 cm³/mol. The molecule has 0 bridgehead atoms. The van der Waals surface area contributed by atoms with Crippen LogP contribution in [0, 0.1) is 0 Å². The quantitative estimate of drug-likeness (QED) is 0.713. The zero-order chi connectivity index (χ0) is 14.8. The standard InChI is InChI=1S/C16H13NO3S/c18-15-14-7-6-13(8-12(14)9-17(15)16(19)20)21-10-11-4-2-1-3-5-11/h1-9,18H,10H2,(H,19,20). The van der Waals surface area contributed by atoms with Gasteiger partial charge in [0.25, 0.3) is 0 Å². The summed E-state index contributed by atoms with van der Waals surface area (Å²) in [6, 6.07) is 15.7. The summed E-state index contributed by atoms with van der Waals surface area (Å²) in [6.45, 7) is 0. The van der Waals surface area contributed by atoms with Gasteiger partial charge in [0.2, 0.25) is 5.88 Å². The molecular weight excluding hydrogens is 286 g/mol. The number of aromatic nitrogens is 1. The average Bonchev–Trinajstić information content (AvgIpc) is 2.83. The van der Waals surface area contributed by atoms with Gasteiger partial charge in [-0.3, -0.25) is 0 Å². The largest absolute Gasteiger partial charge is 0.494 e. The molecule has 2 aromatic carbocycles. The van der Waals surface area contributed by atoms with Crippen LogP contribution in [-0.2, 0) is 5.75 Å². The van der Waals surface area contributed by atoms with Crippen LogP contribution in [0.3, 0.4) is 0 Å². The molecule has 0 unspecified atom stereocenters. The van der Waals surface area contributed by atoms with E-state index in [1.807, 2.05) is 30.3 Å². The van der Waals surface area contributed by atoms with Crippen LogP contribution in [0.5, 0.6) is 5.88 Å². The Bertz CT molecular complexity index is 796. The van der Waals surface area contributed by atoms with Crippen molar-refractivity contribution in [1.29, 1.82) is 0 Å². The molecule has 0 radical (unpaired) electrons. The molecular formula is C16H13NO3S. The number of nitrogens with zero attached hydrogens (tertiary/aromatic N) is 1. The number of rotatable bonds is 3. The molecule has 0 fully saturated rings. The second-order valence-electron chi connectivity index (χ2n) is 4.63. The number of carbonyl (C=O) groups is 1. The lowest BCUT2D eigenvalue weighted by molar-refractivity contribution is 0.193. The van der Waals surface area contributed by atoms with Gasteiger partial charge in [-0.1, -0.05) is 30.3 Å². The van der Waals surface area contributed by atoms with Crippen LogP contribution >= 0.6 is 11.8 Å². The van der Waals surface area contributed by atoms with E-state index in [0.29, 0.717) is 10.8 Å². The normalized spacial score (nSPS) is 10.9. The molecule has 0 aliphatic rings.